The van der Waals surface area contributed by atoms with Crippen LogP contribution in [0, 0.1) is 0 Å². The average molecular weight is 531 g/mol. The number of amidine groups is 3. The Morgan fingerprint density at radius 1 is 0.375 bits per heavy atom. The molecule has 40 heavy (non-hydrogen) atoms. The summed E-state index contributed by atoms with van der Waals surface area (Å²) in [4.78, 5) is 36.8. The van der Waals surface area contributed by atoms with Gasteiger partial charge in [-0.1, -0.05) is 0 Å². The average Bonchev–Trinajstić information content (AvgIpc) is 2.97. The zero-order chi connectivity index (χ0) is 28.0. The Morgan fingerprint density at radius 2 is 0.625 bits per heavy atom. The molecule has 0 N–H and O–H groups in total. The molecule has 3 aromatic rings. The van der Waals surface area contributed by atoms with Gasteiger partial charge in [0.25, 0.3) is 0 Å². The molecule has 0 saturated heterocycles. The van der Waals surface area contributed by atoms with Crippen molar-refractivity contribution in [2.24, 2.45) is 30.0 Å². The van der Waals surface area contributed by atoms with Crippen LogP contribution in [0.1, 0.15) is 16.7 Å². The quantitative estimate of drug-likeness (QED) is 0.483. The first kappa shape index (κ1) is 25.2. The molecular formula is C30H30N10. The Hall–Kier alpha value is -5.12. The standard InChI is InChI=1S/C30H30N10/c1-37(2)22-13-7-19(8-14-22)25-31-28-33-26(20-9-15-23(16-10-20)38(3)4)35-30-36-27(34-29(32-25)40(28)30)21-11-17-24(18-12-21)39(5)6/h7-18H,1-6H3. The normalized spacial score (nSPS) is 15.6. The highest BCUT2D eigenvalue weighted by molar-refractivity contribution is 6.34. The predicted molar refractivity (Wildman–Crippen MR) is 166 cm³/mol. The van der Waals surface area contributed by atoms with E-state index in [1.165, 1.54) is 0 Å². The Labute approximate surface area is 233 Å². The summed E-state index contributed by atoms with van der Waals surface area (Å²) in [5.74, 6) is 2.90. The molecule has 200 valence electrons. The molecule has 0 radical (unpaired) electrons. The molecule has 3 heterocycles. The fourth-order valence-corrected chi connectivity index (χ4v) is 4.40. The van der Waals surface area contributed by atoms with E-state index in [4.69, 9.17) is 30.0 Å². The molecule has 3 aromatic carbocycles. The Bertz CT molecular complexity index is 1440. The van der Waals surface area contributed by atoms with Gasteiger partial charge >= 0.3 is 0 Å². The van der Waals surface area contributed by atoms with Crippen LogP contribution in [0.25, 0.3) is 0 Å². The van der Waals surface area contributed by atoms with Crippen LogP contribution in [0.15, 0.2) is 103 Å². The highest BCUT2D eigenvalue weighted by Crippen LogP contribution is 2.24. The lowest BCUT2D eigenvalue weighted by molar-refractivity contribution is 0.828. The van der Waals surface area contributed by atoms with Crippen molar-refractivity contribution in [1.82, 2.24) is 4.90 Å². The lowest BCUT2D eigenvalue weighted by atomic mass is 10.1. The number of aliphatic imine (C=N–C) groups is 6. The Kier molecular flexibility index (Phi) is 6.22. The minimum absolute atomic E-state index is 0.433. The van der Waals surface area contributed by atoms with Gasteiger partial charge in [0, 0.05) is 76.0 Å². The maximum atomic E-state index is 4.83. The molecular weight excluding hydrogens is 500 g/mol. The number of anilines is 3. The number of hydrogen-bond acceptors (Lipinski definition) is 10. The number of guanidine groups is 3. The molecule has 0 fully saturated rings. The SMILES string of the molecule is CN(C)c1ccc(C2=NC3=NC(c4ccc(N(C)C)cc4)=NC4=NC(c5ccc(N(C)C)cc5)=NC(=N2)N34)cc1. The van der Waals surface area contributed by atoms with Crippen molar-refractivity contribution >= 4 is 52.4 Å². The van der Waals surface area contributed by atoms with Crippen LogP contribution in [0.3, 0.4) is 0 Å². The molecule has 10 heteroatoms. The zero-order valence-electron chi connectivity index (χ0n) is 23.4. The summed E-state index contributed by atoms with van der Waals surface area (Å²) in [6.45, 7) is 0. The highest BCUT2D eigenvalue weighted by Gasteiger charge is 2.35. The molecule has 0 aliphatic carbocycles. The summed E-state index contributed by atoms with van der Waals surface area (Å²) in [7, 11) is 12.1. The number of rotatable bonds is 6. The molecule has 3 aliphatic rings. The maximum absolute atomic E-state index is 4.83. The summed E-state index contributed by atoms with van der Waals surface area (Å²) in [6, 6.07) is 24.3. The molecule has 0 unspecified atom stereocenters. The number of benzene rings is 3. The smallest absolute Gasteiger partial charge is 0.243 e. The third-order valence-corrected chi connectivity index (χ3v) is 6.76. The van der Waals surface area contributed by atoms with Crippen molar-refractivity contribution in [3.63, 3.8) is 0 Å². The van der Waals surface area contributed by atoms with Gasteiger partial charge in [0.2, 0.25) is 17.9 Å². The van der Waals surface area contributed by atoms with Gasteiger partial charge in [-0.05, 0) is 72.8 Å². The number of hydrogen-bond donors (Lipinski definition) is 0. The Morgan fingerprint density at radius 3 is 0.850 bits per heavy atom. The molecule has 3 aliphatic heterocycles. The van der Waals surface area contributed by atoms with Gasteiger partial charge in [-0.15, -0.1) is 0 Å². The van der Waals surface area contributed by atoms with Crippen molar-refractivity contribution in [2.45, 2.75) is 0 Å². The zero-order valence-corrected chi connectivity index (χ0v) is 23.4. The van der Waals surface area contributed by atoms with Gasteiger partial charge in [0.05, 0.1) is 0 Å². The third-order valence-electron chi connectivity index (χ3n) is 6.76. The highest BCUT2D eigenvalue weighted by atomic mass is 15.5. The second kappa shape index (κ2) is 9.88. The Balaban J connectivity index is 1.47. The van der Waals surface area contributed by atoms with Crippen molar-refractivity contribution in [2.75, 3.05) is 57.0 Å². The molecule has 10 nitrogen and oxygen atoms in total. The van der Waals surface area contributed by atoms with E-state index in [2.05, 4.69) is 14.7 Å². The van der Waals surface area contributed by atoms with E-state index in [-0.39, 0.29) is 0 Å². The topological polar surface area (TPSA) is 87.1 Å². The van der Waals surface area contributed by atoms with Crippen LogP contribution in [-0.2, 0) is 0 Å². The van der Waals surface area contributed by atoms with Crippen LogP contribution in [0.2, 0.25) is 0 Å². The second-order valence-corrected chi connectivity index (χ2v) is 10.2. The fraction of sp³-hybridized carbons (Fsp3) is 0.200. The largest absolute Gasteiger partial charge is 0.378 e. The van der Waals surface area contributed by atoms with Crippen molar-refractivity contribution in [3.05, 3.63) is 89.5 Å². The van der Waals surface area contributed by atoms with Crippen molar-refractivity contribution < 1.29 is 0 Å². The summed E-state index contributed by atoms with van der Waals surface area (Å²) in [6.07, 6.45) is 0. The summed E-state index contributed by atoms with van der Waals surface area (Å²) in [5.41, 5.74) is 5.89. The lowest BCUT2D eigenvalue weighted by Crippen LogP contribution is -2.48. The van der Waals surface area contributed by atoms with E-state index >= 15 is 0 Å². The first-order valence-corrected chi connectivity index (χ1v) is 12.9. The molecule has 0 atom stereocenters. The van der Waals surface area contributed by atoms with Crippen LogP contribution in [0.4, 0.5) is 17.1 Å². The molecule has 0 amide bonds. The van der Waals surface area contributed by atoms with E-state index in [0.29, 0.717) is 35.4 Å². The lowest BCUT2D eigenvalue weighted by Gasteiger charge is -2.30. The van der Waals surface area contributed by atoms with E-state index < -0.39 is 0 Å². The van der Waals surface area contributed by atoms with Gasteiger partial charge in [-0.2, -0.15) is 30.0 Å². The van der Waals surface area contributed by atoms with Crippen molar-refractivity contribution in [1.29, 1.82) is 0 Å². The molecule has 0 spiro atoms. The minimum atomic E-state index is 0.433. The molecule has 0 aromatic heterocycles. The first-order chi connectivity index (χ1) is 19.3. The van der Waals surface area contributed by atoms with Gasteiger partial charge in [0.1, 0.15) is 0 Å². The molecule has 0 bridgehead atoms. The van der Waals surface area contributed by atoms with Gasteiger partial charge < -0.3 is 14.7 Å². The summed E-state index contributed by atoms with van der Waals surface area (Å²) < 4.78 is 0. The van der Waals surface area contributed by atoms with Crippen LogP contribution in [0.5, 0.6) is 0 Å². The monoisotopic (exact) mass is 530 g/mol. The van der Waals surface area contributed by atoms with E-state index in [1.54, 1.807) is 4.90 Å². The van der Waals surface area contributed by atoms with Gasteiger partial charge in [0.15, 0.2) is 17.5 Å². The first-order valence-electron chi connectivity index (χ1n) is 12.9. The second-order valence-electron chi connectivity index (χ2n) is 10.2. The van der Waals surface area contributed by atoms with Crippen molar-refractivity contribution in [3.8, 4) is 0 Å². The molecule has 0 saturated carbocycles. The molecule has 6 rings (SSSR count). The predicted octanol–water partition coefficient (Wildman–Crippen LogP) is 3.94. The van der Waals surface area contributed by atoms with Crippen LogP contribution < -0.4 is 14.7 Å². The van der Waals surface area contributed by atoms with Gasteiger partial charge in [-0.25, -0.2) is 4.90 Å². The summed E-state index contributed by atoms with van der Waals surface area (Å²) >= 11 is 0. The van der Waals surface area contributed by atoms with E-state index in [9.17, 15) is 0 Å². The van der Waals surface area contributed by atoms with Crippen LogP contribution in [-0.4, -0.2) is 82.6 Å². The summed E-state index contributed by atoms with van der Waals surface area (Å²) in [5, 5.41) is 0. The van der Waals surface area contributed by atoms with E-state index in [0.717, 1.165) is 33.8 Å². The van der Waals surface area contributed by atoms with E-state index in [1.807, 2.05) is 115 Å². The number of nitrogens with zero attached hydrogens (tertiary/aromatic N) is 10. The fourth-order valence-electron chi connectivity index (χ4n) is 4.40. The maximum Gasteiger partial charge on any atom is 0.243 e. The third kappa shape index (κ3) is 4.64. The van der Waals surface area contributed by atoms with Gasteiger partial charge in [-0.3, -0.25) is 0 Å². The minimum Gasteiger partial charge on any atom is -0.378 e. The van der Waals surface area contributed by atoms with Crippen LogP contribution >= 0.6 is 0 Å².